The fourth-order valence-corrected chi connectivity index (χ4v) is 6.37. The van der Waals surface area contributed by atoms with Gasteiger partial charge in [0, 0.05) is 34.1 Å². The molecule has 1 aliphatic carbocycles. The van der Waals surface area contributed by atoms with Crippen LogP contribution in [-0.4, -0.2) is 50.4 Å². The molecule has 224 valence electrons. The molecule has 1 aliphatic rings. The molecule has 1 fully saturated rings. The number of aliphatic hydroxyl groups is 1. The van der Waals surface area contributed by atoms with E-state index in [2.05, 4.69) is 42.3 Å². The Kier molecular flexibility index (Phi) is 6.84. The smallest absolute Gasteiger partial charge is 0.251 e. The molecule has 0 saturated heterocycles. The molecule has 0 unspecified atom stereocenters. The third kappa shape index (κ3) is 5.27. The van der Waals surface area contributed by atoms with Gasteiger partial charge in [0.05, 0.1) is 35.0 Å². The molecule has 3 aromatic heterocycles. The first kappa shape index (κ1) is 28.9. The fourth-order valence-electron chi connectivity index (χ4n) is 6.37. The van der Waals surface area contributed by atoms with Crippen molar-refractivity contribution in [3.05, 3.63) is 58.7 Å². The average molecular weight is 582 g/mol. The lowest BCUT2D eigenvalue weighted by molar-refractivity contribution is -0.0555. The van der Waals surface area contributed by atoms with Crippen molar-refractivity contribution in [2.45, 2.75) is 72.3 Å². The summed E-state index contributed by atoms with van der Waals surface area (Å²) >= 11 is 0. The van der Waals surface area contributed by atoms with Gasteiger partial charge in [-0.3, -0.25) is 4.79 Å². The maximum absolute atomic E-state index is 13.5. The third-order valence-electron chi connectivity index (χ3n) is 8.53. The van der Waals surface area contributed by atoms with E-state index < -0.39 is 5.60 Å². The van der Waals surface area contributed by atoms with Gasteiger partial charge in [-0.25, -0.2) is 9.97 Å². The highest BCUT2D eigenvalue weighted by molar-refractivity contribution is 6.14. The summed E-state index contributed by atoms with van der Waals surface area (Å²) in [5.74, 6) is 2.18. The number of aryl methyl sites for hydroxylation is 3. The number of hydrogen-bond acceptors (Lipinski definition) is 7. The molecule has 9 nitrogen and oxygen atoms in total. The molecule has 0 radical (unpaired) electrons. The number of aromatic amines is 1. The number of H-pyrrole nitrogens is 1. The highest BCUT2D eigenvalue weighted by Crippen LogP contribution is 2.42. The van der Waals surface area contributed by atoms with E-state index in [0.717, 1.165) is 55.7 Å². The van der Waals surface area contributed by atoms with Crippen LogP contribution in [0.5, 0.6) is 5.75 Å². The SMILES string of the molecule is COc1cc2c(cc1-c1c(C)noc1C)[nH]c1nc(C)nc(-c3cc(C(=O)NCC4CC(C)(O)C4)cc(C(C)(C)C)c3)c12. The number of aromatic nitrogens is 4. The molecular weight excluding hydrogens is 542 g/mol. The van der Waals surface area contributed by atoms with Gasteiger partial charge in [0.15, 0.2) is 0 Å². The number of nitrogens with zero attached hydrogens (tertiary/aromatic N) is 3. The van der Waals surface area contributed by atoms with Crippen LogP contribution >= 0.6 is 0 Å². The Bertz CT molecular complexity index is 1870. The lowest BCUT2D eigenvalue weighted by atomic mass is 9.72. The molecule has 2 aromatic carbocycles. The van der Waals surface area contributed by atoms with Crippen LogP contribution in [0.15, 0.2) is 34.9 Å². The van der Waals surface area contributed by atoms with Gasteiger partial charge >= 0.3 is 0 Å². The zero-order valence-corrected chi connectivity index (χ0v) is 26.1. The normalized spacial score (nSPS) is 18.7. The minimum Gasteiger partial charge on any atom is -0.496 e. The fraction of sp³-hybridized carbons (Fsp3) is 0.412. The van der Waals surface area contributed by atoms with Crippen molar-refractivity contribution in [1.82, 2.24) is 25.4 Å². The van der Waals surface area contributed by atoms with Crippen molar-refractivity contribution in [2.75, 3.05) is 13.7 Å². The topological polar surface area (TPSA) is 126 Å². The molecular formula is C34H39N5O4. The second-order valence-corrected chi connectivity index (χ2v) is 13.3. The first-order valence-corrected chi connectivity index (χ1v) is 14.7. The summed E-state index contributed by atoms with van der Waals surface area (Å²) in [5.41, 5.74) is 6.53. The number of fused-ring (bicyclic) bond motifs is 3. The van der Waals surface area contributed by atoms with Crippen LogP contribution in [0.25, 0.3) is 44.3 Å². The van der Waals surface area contributed by atoms with E-state index >= 15 is 0 Å². The van der Waals surface area contributed by atoms with Crippen molar-refractivity contribution in [2.24, 2.45) is 5.92 Å². The third-order valence-corrected chi connectivity index (χ3v) is 8.53. The number of amides is 1. The average Bonchev–Trinajstić information content (AvgIpc) is 3.45. The molecule has 43 heavy (non-hydrogen) atoms. The summed E-state index contributed by atoms with van der Waals surface area (Å²) in [6.45, 7) is 14.5. The Labute approximate surface area is 251 Å². The summed E-state index contributed by atoms with van der Waals surface area (Å²) in [6, 6.07) is 10.1. The molecule has 0 spiro atoms. The first-order valence-electron chi connectivity index (χ1n) is 14.7. The Balaban J connectivity index is 1.50. The quantitative estimate of drug-likeness (QED) is 0.207. The molecule has 1 amide bonds. The Morgan fingerprint density at radius 2 is 1.88 bits per heavy atom. The van der Waals surface area contributed by atoms with Crippen molar-refractivity contribution in [3.63, 3.8) is 0 Å². The van der Waals surface area contributed by atoms with E-state index in [9.17, 15) is 9.90 Å². The minimum absolute atomic E-state index is 0.134. The number of hydrogen-bond donors (Lipinski definition) is 3. The summed E-state index contributed by atoms with van der Waals surface area (Å²) < 4.78 is 11.3. The van der Waals surface area contributed by atoms with Crippen molar-refractivity contribution >= 4 is 27.8 Å². The van der Waals surface area contributed by atoms with Crippen LogP contribution < -0.4 is 10.1 Å². The monoisotopic (exact) mass is 581 g/mol. The van der Waals surface area contributed by atoms with Gasteiger partial charge in [0.25, 0.3) is 5.91 Å². The van der Waals surface area contributed by atoms with Gasteiger partial charge in [-0.15, -0.1) is 0 Å². The number of nitrogens with one attached hydrogen (secondary N) is 2. The van der Waals surface area contributed by atoms with E-state index in [4.69, 9.17) is 19.2 Å². The van der Waals surface area contributed by atoms with Gasteiger partial charge in [-0.1, -0.05) is 25.9 Å². The van der Waals surface area contributed by atoms with E-state index in [1.165, 1.54) is 0 Å². The highest BCUT2D eigenvalue weighted by Gasteiger charge is 2.38. The molecule has 1 saturated carbocycles. The second kappa shape index (κ2) is 10.2. The Morgan fingerprint density at radius 1 is 1.14 bits per heavy atom. The van der Waals surface area contributed by atoms with Gasteiger partial charge in [0.1, 0.15) is 23.0 Å². The van der Waals surface area contributed by atoms with E-state index in [0.29, 0.717) is 42.2 Å². The summed E-state index contributed by atoms with van der Waals surface area (Å²) in [7, 11) is 1.65. The molecule has 6 rings (SSSR count). The molecule has 0 atom stereocenters. The van der Waals surface area contributed by atoms with Crippen LogP contribution in [0.3, 0.4) is 0 Å². The van der Waals surface area contributed by atoms with Crippen LogP contribution in [0.1, 0.15) is 73.7 Å². The van der Waals surface area contributed by atoms with Gasteiger partial charge in [-0.05, 0) is 87.8 Å². The number of rotatable bonds is 6. The zero-order chi connectivity index (χ0) is 30.8. The van der Waals surface area contributed by atoms with E-state index in [-0.39, 0.29) is 17.2 Å². The Hall–Kier alpha value is -4.24. The van der Waals surface area contributed by atoms with Gasteiger partial charge in [-0.2, -0.15) is 0 Å². The summed E-state index contributed by atoms with van der Waals surface area (Å²) in [6.07, 6.45) is 1.39. The second-order valence-electron chi connectivity index (χ2n) is 13.3. The van der Waals surface area contributed by atoms with Gasteiger partial charge in [0.2, 0.25) is 0 Å². The standard InChI is InChI=1S/C34H39N5O4/c1-17-28(18(2)43-39-17)25-12-26-24(13-27(25)42-8)29-30(36-19(3)37-31(29)38-26)21-9-22(11-23(10-21)33(4,5)6)32(40)35-16-20-14-34(7,41)15-20/h9-13,20,41H,14-16H2,1-8H3,(H,35,40)(H,36,37,38). The number of ether oxygens (including phenoxy) is 1. The zero-order valence-electron chi connectivity index (χ0n) is 26.1. The van der Waals surface area contributed by atoms with Crippen molar-refractivity contribution < 1.29 is 19.2 Å². The minimum atomic E-state index is -0.624. The lowest BCUT2D eigenvalue weighted by Crippen LogP contribution is -2.46. The molecule has 3 N–H and O–H groups in total. The predicted molar refractivity (Wildman–Crippen MR) is 167 cm³/mol. The Morgan fingerprint density at radius 3 is 2.51 bits per heavy atom. The van der Waals surface area contributed by atoms with Crippen molar-refractivity contribution in [1.29, 1.82) is 0 Å². The van der Waals surface area contributed by atoms with E-state index in [1.807, 2.05) is 52.0 Å². The maximum Gasteiger partial charge on any atom is 0.251 e. The molecule has 0 bridgehead atoms. The largest absolute Gasteiger partial charge is 0.496 e. The van der Waals surface area contributed by atoms with Crippen molar-refractivity contribution in [3.8, 4) is 28.1 Å². The van der Waals surface area contributed by atoms with Crippen LogP contribution in [0, 0.1) is 26.7 Å². The molecule has 0 aliphatic heterocycles. The maximum atomic E-state index is 13.5. The summed E-state index contributed by atoms with van der Waals surface area (Å²) in [5, 5.41) is 19.1. The molecule has 3 heterocycles. The number of carbonyl (C=O) groups excluding carboxylic acids is 1. The molecule has 9 heteroatoms. The van der Waals surface area contributed by atoms with Gasteiger partial charge < -0.3 is 24.7 Å². The highest BCUT2D eigenvalue weighted by atomic mass is 16.5. The number of methoxy groups -OCH3 is 1. The number of benzene rings is 2. The lowest BCUT2D eigenvalue weighted by Gasteiger charge is -2.41. The van der Waals surface area contributed by atoms with Crippen LogP contribution in [-0.2, 0) is 5.41 Å². The summed E-state index contributed by atoms with van der Waals surface area (Å²) in [4.78, 5) is 26.6. The molecule has 5 aromatic rings. The number of carbonyl (C=O) groups is 1. The van der Waals surface area contributed by atoms with Crippen LogP contribution in [0.4, 0.5) is 0 Å². The van der Waals surface area contributed by atoms with Crippen LogP contribution in [0.2, 0.25) is 0 Å². The first-order chi connectivity index (χ1) is 20.2. The van der Waals surface area contributed by atoms with E-state index in [1.54, 1.807) is 7.11 Å². The predicted octanol–water partition coefficient (Wildman–Crippen LogP) is 6.56.